The van der Waals surface area contributed by atoms with Gasteiger partial charge in [0.1, 0.15) is 11.9 Å². The number of fused-ring (bicyclic) bond motifs is 2. The molecule has 1 aromatic heterocycles. The second-order valence-corrected chi connectivity index (χ2v) is 8.78. The van der Waals surface area contributed by atoms with Crippen LogP contribution in [0.15, 0.2) is 101 Å². The van der Waals surface area contributed by atoms with Gasteiger partial charge in [-0.25, -0.2) is 4.98 Å². The van der Waals surface area contributed by atoms with Crippen LogP contribution in [0, 0.1) is 5.92 Å². The van der Waals surface area contributed by atoms with Crippen molar-refractivity contribution in [2.75, 3.05) is 0 Å². The molecule has 0 spiro atoms. The van der Waals surface area contributed by atoms with E-state index in [-0.39, 0.29) is 4.00 Å². The van der Waals surface area contributed by atoms with Crippen LogP contribution in [0.4, 0.5) is 0 Å². The van der Waals surface area contributed by atoms with Crippen molar-refractivity contribution in [1.29, 1.82) is 0 Å². The van der Waals surface area contributed by atoms with Crippen LogP contribution >= 0.6 is 11.8 Å². The van der Waals surface area contributed by atoms with E-state index in [9.17, 15) is 0 Å². The third kappa shape index (κ3) is 2.91. The molecular weight excluding hydrogens is 404 g/mol. The largest absolute Gasteiger partial charge is 0.253 e. The Morgan fingerprint density at radius 1 is 0.968 bits per heavy atom. The van der Waals surface area contributed by atoms with Gasteiger partial charge >= 0.3 is 0 Å². The number of aromatic nitrogens is 1. The van der Waals surface area contributed by atoms with Crippen molar-refractivity contribution in [3.8, 4) is 11.3 Å². The summed E-state index contributed by atoms with van der Waals surface area (Å²) in [7, 11) is 0. The molecule has 31 heavy (non-hydrogen) atoms. The van der Waals surface area contributed by atoms with Crippen LogP contribution in [0.1, 0.15) is 18.4 Å². The van der Waals surface area contributed by atoms with E-state index in [4.69, 9.17) is 21.8 Å². The van der Waals surface area contributed by atoms with Crippen LogP contribution in [0.2, 0.25) is 0 Å². The van der Waals surface area contributed by atoms with Crippen molar-refractivity contribution in [2.24, 2.45) is 15.9 Å². The molecule has 0 saturated heterocycles. The van der Waals surface area contributed by atoms with E-state index in [0.717, 1.165) is 57.8 Å². The first-order valence-electron chi connectivity index (χ1n) is 10.4. The molecule has 0 bridgehead atoms. The number of nitrogens with zero attached hydrogens (tertiary/aromatic N) is 4. The van der Waals surface area contributed by atoms with Crippen molar-refractivity contribution in [2.45, 2.75) is 12.8 Å². The number of pyridine rings is 1. The molecule has 2 aromatic carbocycles. The standard InChI is InChI=1S/C26H20ClN4/c1-17-13-21(14-17)26-30-25(24-16-28-11-12-31(24,26)27)20-8-7-19-9-10-22(29-23(19)15-20)18-5-3-2-4-6-18/h2-12,15-16,21H,1,13-14H2/q+1. The third-order valence-corrected chi connectivity index (χ3v) is 6.65. The molecule has 0 radical (unpaired) electrons. The third-order valence-electron chi connectivity index (χ3n) is 6.18. The predicted octanol–water partition coefficient (Wildman–Crippen LogP) is 6.47. The lowest BCUT2D eigenvalue weighted by atomic mass is 9.80. The number of quaternary nitrogens is 1. The molecule has 1 atom stereocenters. The van der Waals surface area contributed by atoms with Gasteiger partial charge in [0.15, 0.2) is 11.8 Å². The highest BCUT2D eigenvalue weighted by Gasteiger charge is 2.50. The Hall–Kier alpha value is -3.34. The Morgan fingerprint density at radius 2 is 1.77 bits per heavy atom. The van der Waals surface area contributed by atoms with Gasteiger partial charge in [-0.05, 0) is 25.0 Å². The lowest BCUT2D eigenvalue weighted by Crippen LogP contribution is -2.43. The first-order chi connectivity index (χ1) is 15.1. The molecule has 3 heterocycles. The summed E-state index contributed by atoms with van der Waals surface area (Å²) in [6, 6.07) is 20.7. The Balaban J connectivity index is 1.47. The molecule has 1 saturated carbocycles. The number of hydrogen-bond acceptors (Lipinski definition) is 3. The van der Waals surface area contributed by atoms with E-state index in [2.05, 4.69) is 54.0 Å². The fourth-order valence-corrected chi connectivity index (χ4v) is 4.84. The lowest BCUT2D eigenvalue weighted by molar-refractivity contribution is -0.604. The van der Waals surface area contributed by atoms with Crippen LogP contribution in [0.5, 0.6) is 0 Å². The highest BCUT2D eigenvalue weighted by molar-refractivity contribution is 6.20. The number of rotatable bonds is 3. The summed E-state index contributed by atoms with van der Waals surface area (Å²) < 4.78 is 0.0757. The Morgan fingerprint density at radius 3 is 2.58 bits per heavy atom. The topological polar surface area (TPSA) is 37.6 Å². The van der Waals surface area contributed by atoms with Crippen LogP contribution in [0.25, 0.3) is 27.9 Å². The van der Waals surface area contributed by atoms with E-state index >= 15 is 0 Å². The Bertz CT molecular complexity index is 1360. The van der Waals surface area contributed by atoms with Crippen LogP contribution < -0.4 is 0 Å². The summed E-state index contributed by atoms with van der Waals surface area (Å²) >= 11 is 7.09. The molecule has 150 valence electrons. The van der Waals surface area contributed by atoms with Crippen molar-refractivity contribution in [3.63, 3.8) is 0 Å². The highest BCUT2D eigenvalue weighted by atomic mass is 35.5. The SMILES string of the molecule is C=C1CC(C2=NC(c3ccc4ccc(-c5ccccc5)nc4c3)=C3C=NC=C[N+]23Cl)C1. The highest BCUT2D eigenvalue weighted by Crippen LogP contribution is 2.46. The molecular formula is C26H20ClN4+. The molecule has 0 amide bonds. The Kier molecular flexibility index (Phi) is 4.07. The fourth-order valence-electron chi connectivity index (χ4n) is 4.49. The summed E-state index contributed by atoms with van der Waals surface area (Å²) in [5.41, 5.74) is 6.99. The number of amidine groups is 1. The monoisotopic (exact) mass is 423 g/mol. The number of benzene rings is 2. The van der Waals surface area contributed by atoms with Gasteiger partial charge in [-0.1, -0.05) is 60.7 Å². The van der Waals surface area contributed by atoms with E-state index in [1.165, 1.54) is 5.57 Å². The first-order valence-corrected chi connectivity index (χ1v) is 10.7. The lowest BCUT2D eigenvalue weighted by Gasteiger charge is -2.33. The van der Waals surface area contributed by atoms with Gasteiger partial charge in [0.2, 0.25) is 11.5 Å². The zero-order valence-corrected chi connectivity index (χ0v) is 17.6. The molecule has 3 aromatic rings. The van der Waals surface area contributed by atoms with Gasteiger partial charge in [0.05, 0.1) is 29.5 Å². The van der Waals surface area contributed by atoms with Gasteiger partial charge in [0, 0.05) is 16.5 Å². The maximum atomic E-state index is 7.09. The first kappa shape index (κ1) is 18.4. The summed E-state index contributed by atoms with van der Waals surface area (Å²) in [6.07, 6.45) is 7.35. The quantitative estimate of drug-likeness (QED) is 0.351. The molecule has 6 rings (SSSR count). The second-order valence-electron chi connectivity index (χ2n) is 8.24. The van der Waals surface area contributed by atoms with E-state index in [1.807, 2.05) is 30.6 Å². The fraction of sp³-hybridized carbons (Fsp3) is 0.115. The minimum Gasteiger partial charge on any atom is -0.253 e. The van der Waals surface area contributed by atoms with E-state index in [0.29, 0.717) is 5.92 Å². The molecule has 1 aliphatic carbocycles. The number of hydrogen-bond donors (Lipinski definition) is 0. The number of allylic oxidation sites excluding steroid dienone is 2. The number of halogens is 1. The minimum atomic E-state index is 0.0757. The molecule has 1 fully saturated rings. The van der Waals surface area contributed by atoms with Gasteiger partial charge in [-0.3, -0.25) is 4.99 Å². The smallest absolute Gasteiger partial charge is 0.235 e. The average Bonchev–Trinajstić information content (AvgIpc) is 3.09. The van der Waals surface area contributed by atoms with Gasteiger partial charge < -0.3 is 0 Å². The zero-order valence-electron chi connectivity index (χ0n) is 16.9. The van der Waals surface area contributed by atoms with Crippen LogP contribution in [-0.4, -0.2) is 21.0 Å². The Labute approximate surface area is 185 Å². The van der Waals surface area contributed by atoms with Gasteiger partial charge in [0.25, 0.3) is 0 Å². The van der Waals surface area contributed by atoms with Gasteiger partial charge in [-0.15, -0.1) is 4.00 Å². The molecule has 1 unspecified atom stereocenters. The molecule has 0 N–H and O–H groups in total. The van der Waals surface area contributed by atoms with Crippen LogP contribution in [-0.2, 0) is 0 Å². The van der Waals surface area contributed by atoms with Crippen molar-refractivity contribution in [3.05, 3.63) is 96.5 Å². The zero-order chi connectivity index (χ0) is 21.0. The summed E-state index contributed by atoms with van der Waals surface area (Å²) in [5, 5.41) is 1.09. The summed E-state index contributed by atoms with van der Waals surface area (Å²) in [5.74, 6) is 1.27. The molecule has 4 nitrogen and oxygen atoms in total. The van der Waals surface area contributed by atoms with E-state index in [1.54, 1.807) is 6.20 Å². The predicted molar refractivity (Wildman–Crippen MR) is 127 cm³/mol. The molecule has 5 heteroatoms. The number of aliphatic imine (C=N–C) groups is 2. The van der Waals surface area contributed by atoms with Crippen LogP contribution in [0.3, 0.4) is 0 Å². The van der Waals surface area contributed by atoms with Crippen molar-refractivity contribution < 1.29 is 4.00 Å². The van der Waals surface area contributed by atoms with Crippen molar-refractivity contribution >= 4 is 40.4 Å². The minimum absolute atomic E-state index is 0.0757. The summed E-state index contributed by atoms with van der Waals surface area (Å²) in [4.78, 5) is 14.3. The molecule has 3 aliphatic rings. The summed E-state index contributed by atoms with van der Waals surface area (Å²) in [6.45, 7) is 4.08. The van der Waals surface area contributed by atoms with Gasteiger partial charge in [-0.2, -0.15) is 4.99 Å². The second kappa shape index (κ2) is 6.84. The van der Waals surface area contributed by atoms with E-state index < -0.39 is 0 Å². The average molecular weight is 424 g/mol. The maximum Gasteiger partial charge on any atom is 0.235 e. The maximum absolute atomic E-state index is 7.09. The normalized spacial score (nSPS) is 22.6. The van der Waals surface area contributed by atoms with Crippen molar-refractivity contribution in [1.82, 2.24) is 4.98 Å². The molecule has 2 aliphatic heterocycles.